The Morgan fingerprint density at radius 2 is 2.25 bits per heavy atom. The van der Waals surface area contributed by atoms with Crippen LogP contribution >= 0.6 is 0 Å². The molecule has 0 aromatic carbocycles. The highest BCUT2D eigenvalue weighted by Gasteiger charge is 2.17. The predicted molar refractivity (Wildman–Crippen MR) is 65.7 cm³/mol. The fraction of sp³-hybridized carbons (Fsp3) is 0.182. The van der Waals surface area contributed by atoms with E-state index in [0.29, 0.717) is 5.69 Å². The second kappa shape index (κ2) is 4.61. The van der Waals surface area contributed by atoms with Gasteiger partial charge in [-0.2, -0.15) is 5.10 Å². The van der Waals surface area contributed by atoms with E-state index in [9.17, 15) is 4.79 Å². The van der Waals surface area contributed by atoms with Crippen LogP contribution in [0, 0.1) is 6.92 Å². The molecular weight excluding hydrogens is 264 g/mol. The summed E-state index contributed by atoms with van der Waals surface area (Å²) in [6.07, 6.45) is 1.37. The van der Waals surface area contributed by atoms with Gasteiger partial charge < -0.3 is 8.94 Å². The van der Waals surface area contributed by atoms with Gasteiger partial charge in [0, 0.05) is 13.1 Å². The van der Waals surface area contributed by atoms with Crippen molar-refractivity contribution in [3.8, 4) is 11.6 Å². The molecule has 1 N–H and O–H groups in total. The second-order valence-corrected chi connectivity index (χ2v) is 4.04. The Kier molecular flexibility index (Phi) is 2.78. The Bertz CT molecular complexity index is 742. The van der Waals surface area contributed by atoms with Crippen molar-refractivity contribution in [1.29, 1.82) is 0 Å². The molecule has 3 heterocycles. The number of hydrogen-bond acceptors (Lipinski definition) is 7. The Hall–Kier alpha value is -2.97. The minimum Gasteiger partial charge on any atom is -0.401 e. The van der Waals surface area contributed by atoms with E-state index < -0.39 is 5.91 Å². The summed E-state index contributed by atoms with van der Waals surface area (Å²) < 4.78 is 11.7. The highest BCUT2D eigenvalue weighted by molar-refractivity contribution is 6.00. The van der Waals surface area contributed by atoms with Crippen molar-refractivity contribution in [2.75, 3.05) is 5.32 Å². The Balaban J connectivity index is 1.81. The number of carbonyl (C=O) groups is 1. The molecule has 0 aliphatic heterocycles. The quantitative estimate of drug-likeness (QED) is 0.758. The third-order valence-electron chi connectivity index (χ3n) is 2.53. The number of nitrogens with zero attached hydrogens (tertiary/aromatic N) is 5. The lowest BCUT2D eigenvalue weighted by Gasteiger charge is -1.95. The maximum atomic E-state index is 11.7. The molecule has 3 rings (SSSR count). The Morgan fingerprint density at radius 3 is 2.90 bits per heavy atom. The van der Waals surface area contributed by atoms with Gasteiger partial charge in [0.25, 0.3) is 11.8 Å². The molecule has 0 fully saturated rings. The lowest BCUT2D eigenvalue weighted by molar-refractivity contribution is 0.0985. The van der Waals surface area contributed by atoms with E-state index in [1.54, 1.807) is 17.8 Å². The first-order chi connectivity index (χ1) is 9.63. The lowest BCUT2D eigenvalue weighted by atomic mass is 10.4. The molecule has 3 aromatic heterocycles. The minimum atomic E-state index is -0.515. The third kappa shape index (κ3) is 2.16. The number of amides is 1. The first-order valence-electron chi connectivity index (χ1n) is 5.70. The van der Waals surface area contributed by atoms with Crippen LogP contribution < -0.4 is 5.32 Å². The van der Waals surface area contributed by atoms with Crippen LogP contribution in [0.3, 0.4) is 0 Å². The zero-order chi connectivity index (χ0) is 14.1. The lowest BCUT2D eigenvalue weighted by Crippen LogP contribution is -2.11. The first kappa shape index (κ1) is 12.1. The van der Waals surface area contributed by atoms with Crippen LogP contribution in [0.25, 0.3) is 11.6 Å². The Morgan fingerprint density at radius 1 is 1.40 bits per heavy atom. The third-order valence-corrected chi connectivity index (χ3v) is 2.53. The van der Waals surface area contributed by atoms with Gasteiger partial charge >= 0.3 is 6.01 Å². The van der Waals surface area contributed by atoms with Gasteiger partial charge in [-0.1, -0.05) is 10.3 Å². The molecule has 0 atom stereocenters. The number of anilines is 1. The van der Waals surface area contributed by atoms with Gasteiger partial charge in [0.15, 0.2) is 0 Å². The van der Waals surface area contributed by atoms with E-state index in [2.05, 4.69) is 25.8 Å². The van der Waals surface area contributed by atoms with Crippen molar-refractivity contribution in [3.05, 3.63) is 29.8 Å². The van der Waals surface area contributed by atoms with Crippen molar-refractivity contribution in [2.24, 2.45) is 7.05 Å². The van der Waals surface area contributed by atoms with E-state index in [-0.39, 0.29) is 17.7 Å². The largest absolute Gasteiger partial charge is 0.401 e. The number of carbonyl (C=O) groups excluding carboxylic acids is 1. The SMILES string of the molecule is Cc1cc(-c2nnc(NC(=O)c3ccno3)o2)n(C)n1. The van der Waals surface area contributed by atoms with Gasteiger partial charge in [0.2, 0.25) is 5.76 Å². The zero-order valence-corrected chi connectivity index (χ0v) is 10.7. The maximum Gasteiger partial charge on any atom is 0.322 e. The average Bonchev–Trinajstić information content (AvgIpc) is 3.10. The van der Waals surface area contributed by atoms with Gasteiger partial charge in [0.05, 0.1) is 11.9 Å². The highest BCUT2D eigenvalue weighted by atomic mass is 16.5. The van der Waals surface area contributed by atoms with Crippen LogP contribution in [-0.2, 0) is 7.05 Å². The fourth-order valence-corrected chi connectivity index (χ4v) is 1.68. The van der Waals surface area contributed by atoms with Gasteiger partial charge in [-0.3, -0.25) is 14.8 Å². The van der Waals surface area contributed by atoms with Crippen LogP contribution in [0.5, 0.6) is 0 Å². The van der Waals surface area contributed by atoms with Gasteiger partial charge in [-0.25, -0.2) is 0 Å². The molecule has 0 saturated heterocycles. The minimum absolute atomic E-state index is 0.0275. The van der Waals surface area contributed by atoms with Crippen LogP contribution in [-0.4, -0.2) is 31.0 Å². The summed E-state index contributed by atoms with van der Waals surface area (Å²) in [4.78, 5) is 11.7. The number of hydrogen-bond donors (Lipinski definition) is 1. The molecule has 9 heteroatoms. The molecule has 0 saturated carbocycles. The summed E-state index contributed by atoms with van der Waals surface area (Å²) in [6.45, 7) is 1.85. The van der Waals surface area contributed by atoms with Gasteiger partial charge in [0.1, 0.15) is 5.69 Å². The predicted octanol–water partition coefficient (Wildman–Crippen LogP) is 1.02. The van der Waals surface area contributed by atoms with Gasteiger partial charge in [-0.15, -0.1) is 5.10 Å². The maximum absolute atomic E-state index is 11.7. The van der Waals surface area contributed by atoms with E-state index in [1.807, 2.05) is 6.92 Å². The molecule has 20 heavy (non-hydrogen) atoms. The molecule has 0 aliphatic rings. The van der Waals surface area contributed by atoms with Crippen molar-refractivity contribution in [3.63, 3.8) is 0 Å². The molecule has 3 aromatic rings. The summed E-state index contributed by atoms with van der Waals surface area (Å²) in [7, 11) is 1.76. The van der Waals surface area contributed by atoms with Crippen LogP contribution in [0.4, 0.5) is 6.01 Å². The second-order valence-electron chi connectivity index (χ2n) is 4.04. The van der Waals surface area contributed by atoms with E-state index in [4.69, 9.17) is 8.94 Å². The molecule has 0 aliphatic carbocycles. The number of nitrogens with one attached hydrogen (secondary N) is 1. The molecule has 0 unspecified atom stereocenters. The summed E-state index contributed by atoms with van der Waals surface area (Å²) in [5, 5.41) is 17.6. The Labute approximate surface area is 112 Å². The first-order valence-corrected chi connectivity index (χ1v) is 5.70. The monoisotopic (exact) mass is 274 g/mol. The fourth-order valence-electron chi connectivity index (χ4n) is 1.68. The summed E-state index contributed by atoms with van der Waals surface area (Å²) in [6, 6.07) is 3.20. The number of aromatic nitrogens is 5. The number of rotatable bonds is 3. The molecule has 0 spiro atoms. The van der Waals surface area contributed by atoms with Crippen molar-refractivity contribution < 1.29 is 13.7 Å². The molecule has 102 valence electrons. The number of aryl methyl sites for hydroxylation is 2. The van der Waals surface area contributed by atoms with E-state index >= 15 is 0 Å². The van der Waals surface area contributed by atoms with Crippen LogP contribution in [0.15, 0.2) is 27.3 Å². The highest BCUT2D eigenvalue weighted by Crippen LogP contribution is 2.20. The van der Waals surface area contributed by atoms with Crippen molar-refractivity contribution in [2.45, 2.75) is 6.92 Å². The topological polar surface area (TPSA) is 112 Å². The smallest absolute Gasteiger partial charge is 0.322 e. The summed E-state index contributed by atoms with van der Waals surface area (Å²) >= 11 is 0. The summed E-state index contributed by atoms with van der Waals surface area (Å²) in [5.41, 5.74) is 1.49. The van der Waals surface area contributed by atoms with Gasteiger partial charge in [-0.05, 0) is 13.0 Å². The van der Waals surface area contributed by atoms with Crippen LogP contribution in [0.1, 0.15) is 16.2 Å². The molecule has 1 amide bonds. The van der Waals surface area contributed by atoms with Crippen molar-refractivity contribution in [1.82, 2.24) is 25.1 Å². The van der Waals surface area contributed by atoms with Crippen molar-refractivity contribution >= 4 is 11.9 Å². The standard InChI is InChI=1S/C11H10N6O3/c1-6-5-7(17(2)16-6)10-14-15-11(19-10)13-9(18)8-3-4-12-20-8/h3-5H,1-2H3,(H,13,15,18). The normalized spacial score (nSPS) is 10.7. The summed E-state index contributed by atoms with van der Waals surface area (Å²) in [5.74, 6) is -0.194. The average molecular weight is 274 g/mol. The molecule has 0 bridgehead atoms. The molecule has 9 nitrogen and oxygen atoms in total. The zero-order valence-electron chi connectivity index (χ0n) is 10.7. The molecule has 0 radical (unpaired) electrons. The molecular formula is C11H10N6O3. The van der Waals surface area contributed by atoms with Crippen LogP contribution in [0.2, 0.25) is 0 Å². The van der Waals surface area contributed by atoms with E-state index in [0.717, 1.165) is 5.69 Å². The van der Waals surface area contributed by atoms with E-state index in [1.165, 1.54) is 12.3 Å².